The van der Waals surface area contributed by atoms with Crippen molar-refractivity contribution in [3.8, 4) is 0 Å². The highest BCUT2D eigenvalue weighted by Crippen LogP contribution is 2.16. The Bertz CT molecular complexity index is 573. The lowest BCUT2D eigenvalue weighted by atomic mass is 9.98. The molecule has 1 aromatic carbocycles. The lowest BCUT2D eigenvalue weighted by Crippen LogP contribution is -2.37. The standard InChI is InChI=1S/C12H17N3O3S2/c13-11(19)10(9-5-2-1-3-6-9)12(16)15-7-4-8-20(14,17)18/h1-3,5-6,10H,4,7-8H2,(H2,13,19)(H,15,16)(H2,14,17,18). The first-order valence-corrected chi connectivity index (χ1v) is 8.06. The number of hydrogen-bond donors (Lipinski definition) is 3. The van der Waals surface area contributed by atoms with Crippen LogP contribution in [-0.4, -0.2) is 31.6 Å². The van der Waals surface area contributed by atoms with Crippen LogP contribution >= 0.6 is 12.2 Å². The molecule has 5 N–H and O–H groups in total. The van der Waals surface area contributed by atoms with E-state index in [1.165, 1.54) is 0 Å². The van der Waals surface area contributed by atoms with Gasteiger partial charge < -0.3 is 11.1 Å². The summed E-state index contributed by atoms with van der Waals surface area (Å²) >= 11 is 4.91. The van der Waals surface area contributed by atoms with Gasteiger partial charge in [0.05, 0.1) is 10.7 Å². The van der Waals surface area contributed by atoms with E-state index in [0.29, 0.717) is 5.56 Å². The number of nitrogens with two attached hydrogens (primary N) is 2. The predicted molar refractivity (Wildman–Crippen MR) is 81.6 cm³/mol. The number of sulfonamides is 1. The largest absolute Gasteiger partial charge is 0.392 e. The van der Waals surface area contributed by atoms with Gasteiger partial charge in [-0.05, 0) is 12.0 Å². The minimum absolute atomic E-state index is 0.0696. The molecule has 0 bridgehead atoms. The molecule has 0 aliphatic rings. The Morgan fingerprint density at radius 3 is 2.40 bits per heavy atom. The van der Waals surface area contributed by atoms with Gasteiger partial charge in [-0.3, -0.25) is 4.79 Å². The Hall–Kier alpha value is -1.51. The Kier molecular flexibility index (Phi) is 6.05. The minimum Gasteiger partial charge on any atom is -0.392 e. The van der Waals surface area contributed by atoms with Gasteiger partial charge in [-0.2, -0.15) is 0 Å². The second kappa shape index (κ2) is 7.32. The molecule has 1 rings (SSSR count). The summed E-state index contributed by atoms with van der Waals surface area (Å²) in [6.45, 7) is 0.196. The van der Waals surface area contributed by atoms with Crippen LogP contribution < -0.4 is 16.2 Å². The molecule has 0 aliphatic heterocycles. The van der Waals surface area contributed by atoms with Gasteiger partial charge in [0.15, 0.2) is 0 Å². The zero-order valence-corrected chi connectivity index (χ0v) is 12.4. The summed E-state index contributed by atoms with van der Waals surface area (Å²) in [6.07, 6.45) is 0.240. The lowest BCUT2D eigenvalue weighted by molar-refractivity contribution is -0.121. The summed E-state index contributed by atoms with van der Waals surface area (Å²) in [6, 6.07) is 8.91. The van der Waals surface area contributed by atoms with Gasteiger partial charge in [0, 0.05) is 6.54 Å². The molecule has 6 nitrogen and oxygen atoms in total. The van der Waals surface area contributed by atoms with Gasteiger partial charge in [0.2, 0.25) is 15.9 Å². The number of thiocarbonyl (C=S) groups is 1. The molecular weight excluding hydrogens is 298 g/mol. The summed E-state index contributed by atoms with van der Waals surface area (Å²) in [4.78, 5) is 12.1. The van der Waals surface area contributed by atoms with Crippen LogP contribution in [0.5, 0.6) is 0 Å². The van der Waals surface area contributed by atoms with Gasteiger partial charge in [-0.25, -0.2) is 13.6 Å². The van der Waals surface area contributed by atoms with Gasteiger partial charge in [0.25, 0.3) is 0 Å². The van der Waals surface area contributed by atoms with Crippen LogP contribution in [0.1, 0.15) is 17.9 Å². The van der Waals surface area contributed by atoms with E-state index in [9.17, 15) is 13.2 Å². The van der Waals surface area contributed by atoms with Crippen molar-refractivity contribution >= 4 is 33.1 Å². The molecule has 0 aromatic heterocycles. The number of carbonyl (C=O) groups is 1. The molecule has 0 aliphatic carbocycles. The number of benzene rings is 1. The van der Waals surface area contributed by atoms with Gasteiger partial charge in [-0.1, -0.05) is 42.5 Å². The third-order valence-electron chi connectivity index (χ3n) is 2.58. The summed E-state index contributed by atoms with van der Waals surface area (Å²) in [5.41, 5.74) is 6.30. The first-order valence-electron chi connectivity index (χ1n) is 5.93. The number of carbonyl (C=O) groups excluding carboxylic acids is 1. The molecule has 1 unspecified atom stereocenters. The van der Waals surface area contributed by atoms with E-state index < -0.39 is 15.9 Å². The molecule has 110 valence electrons. The van der Waals surface area contributed by atoms with Crippen molar-refractivity contribution in [1.82, 2.24) is 5.32 Å². The van der Waals surface area contributed by atoms with Crippen molar-refractivity contribution in [2.24, 2.45) is 10.9 Å². The van der Waals surface area contributed by atoms with Crippen molar-refractivity contribution in [2.45, 2.75) is 12.3 Å². The van der Waals surface area contributed by atoms with Crippen molar-refractivity contribution in [1.29, 1.82) is 0 Å². The molecule has 1 atom stereocenters. The Morgan fingerprint density at radius 1 is 1.30 bits per heavy atom. The van der Waals surface area contributed by atoms with Crippen molar-refractivity contribution < 1.29 is 13.2 Å². The zero-order chi connectivity index (χ0) is 15.2. The first-order chi connectivity index (χ1) is 9.31. The number of hydrogen-bond acceptors (Lipinski definition) is 4. The van der Waals surface area contributed by atoms with Crippen LogP contribution in [0, 0.1) is 0 Å². The maximum atomic E-state index is 12.1. The molecule has 1 aromatic rings. The zero-order valence-electron chi connectivity index (χ0n) is 10.8. The van der Waals surface area contributed by atoms with Crippen LogP contribution in [0.25, 0.3) is 0 Å². The SMILES string of the molecule is NC(=S)C(C(=O)NCCCS(N)(=O)=O)c1ccccc1. The quantitative estimate of drug-likeness (QED) is 0.478. The first kappa shape index (κ1) is 16.5. The fourth-order valence-electron chi connectivity index (χ4n) is 1.68. The molecule has 0 radical (unpaired) electrons. The van der Waals surface area contributed by atoms with Gasteiger partial charge in [-0.15, -0.1) is 0 Å². The van der Waals surface area contributed by atoms with E-state index in [1.807, 2.05) is 6.07 Å². The van der Waals surface area contributed by atoms with Crippen molar-refractivity contribution in [3.63, 3.8) is 0 Å². The van der Waals surface area contributed by atoms with E-state index in [1.54, 1.807) is 24.3 Å². The van der Waals surface area contributed by atoms with E-state index in [0.717, 1.165) is 0 Å². The van der Waals surface area contributed by atoms with Crippen LogP contribution in [0.15, 0.2) is 30.3 Å². The maximum Gasteiger partial charge on any atom is 0.234 e. The van der Waals surface area contributed by atoms with Gasteiger partial charge >= 0.3 is 0 Å². The van der Waals surface area contributed by atoms with Crippen LogP contribution in [0.2, 0.25) is 0 Å². The summed E-state index contributed by atoms with van der Waals surface area (Å²) in [7, 11) is -3.51. The third kappa shape index (κ3) is 5.64. The number of primary sulfonamides is 1. The highest BCUT2D eigenvalue weighted by Gasteiger charge is 2.22. The van der Waals surface area contributed by atoms with Gasteiger partial charge in [0.1, 0.15) is 5.92 Å². The average Bonchev–Trinajstić information content (AvgIpc) is 2.34. The average molecular weight is 315 g/mol. The fourth-order valence-corrected chi connectivity index (χ4v) is 2.47. The molecular formula is C12H17N3O3S2. The lowest BCUT2D eigenvalue weighted by Gasteiger charge is -2.15. The molecule has 20 heavy (non-hydrogen) atoms. The minimum atomic E-state index is -3.51. The monoisotopic (exact) mass is 315 g/mol. The van der Waals surface area contributed by atoms with E-state index >= 15 is 0 Å². The molecule has 0 saturated heterocycles. The fraction of sp³-hybridized carbons (Fsp3) is 0.333. The second-order valence-electron chi connectivity index (χ2n) is 4.26. The summed E-state index contributed by atoms with van der Waals surface area (Å²) < 4.78 is 21.5. The predicted octanol–water partition coefficient (Wildman–Crippen LogP) is -0.149. The van der Waals surface area contributed by atoms with Crippen molar-refractivity contribution in [2.75, 3.05) is 12.3 Å². The van der Waals surface area contributed by atoms with E-state index in [2.05, 4.69) is 5.32 Å². The molecule has 8 heteroatoms. The highest BCUT2D eigenvalue weighted by atomic mass is 32.2. The Balaban J connectivity index is 2.61. The third-order valence-corrected chi connectivity index (χ3v) is 3.68. The summed E-state index contributed by atoms with van der Waals surface area (Å²) in [5.74, 6) is -1.25. The summed E-state index contributed by atoms with van der Waals surface area (Å²) in [5, 5.41) is 7.48. The van der Waals surface area contributed by atoms with E-state index in [4.69, 9.17) is 23.1 Å². The van der Waals surface area contributed by atoms with Crippen LogP contribution in [0.3, 0.4) is 0 Å². The Labute approximate surface area is 123 Å². The molecule has 0 fully saturated rings. The maximum absolute atomic E-state index is 12.1. The molecule has 0 spiro atoms. The molecule has 0 heterocycles. The second-order valence-corrected chi connectivity index (χ2v) is 6.46. The Morgan fingerprint density at radius 2 is 1.90 bits per heavy atom. The molecule has 1 amide bonds. The number of amides is 1. The van der Waals surface area contributed by atoms with Crippen LogP contribution in [0.4, 0.5) is 0 Å². The normalized spacial score (nSPS) is 12.7. The number of nitrogens with one attached hydrogen (secondary N) is 1. The van der Waals surface area contributed by atoms with E-state index in [-0.39, 0.29) is 29.6 Å². The molecule has 0 saturated carbocycles. The van der Waals surface area contributed by atoms with Crippen LogP contribution in [-0.2, 0) is 14.8 Å². The number of rotatable bonds is 7. The smallest absolute Gasteiger partial charge is 0.234 e. The van der Waals surface area contributed by atoms with Crippen molar-refractivity contribution in [3.05, 3.63) is 35.9 Å². The highest BCUT2D eigenvalue weighted by molar-refractivity contribution is 7.89. The topological polar surface area (TPSA) is 115 Å².